The standard InChI is InChI=1S/C13H18BrNO2.C6H5BrClN/c1-3-17-13-8-16-7-10(13)5-12-11(14)4-9(2)6-15-12;1-4-2-5(7)6(8)9-3-4/h4,6,10,13H,3,5,7-8H2,1-2H3;2-3H,1H3/t10?,13-;/m0./s1. The Morgan fingerprint density at radius 3 is 2.35 bits per heavy atom. The van der Waals surface area contributed by atoms with Gasteiger partial charge in [-0.15, -0.1) is 0 Å². The number of nitrogens with zero attached hydrogens (tertiary/aromatic N) is 2. The second kappa shape index (κ2) is 10.7. The number of aryl methyl sites for hydroxylation is 2. The van der Waals surface area contributed by atoms with Crippen LogP contribution in [0.3, 0.4) is 0 Å². The van der Waals surface area contributed by atoms with Gasteiger partial charge in [0, 0.05) is 29.4 Å². The molecule has 2 aromatic rings. The number of rotatable bonds is 4. The van der Waals surface area contributed by atoms with Crippen LogP contribution in [0.4, 0.5) is 0 Å². The van der Waals surface area contributed by atoms with E-state index in [1.807, 2.05) is 33.0 Å². The smallest absolute Gasteiger partial charge is 0.143 e. The van der Waals surface area contributed by atoms with E-state index in [2.05, 4.69) is 47.9 Å². The van der Waals surface area contributed by atoms with Crippen LogP contribution in [-0.4, -0.2) is 35.9 Å². The predicted octanol–water partition coefficient (Wildman–Crippen LogP) is 5.55. The van der Waals surface area contributed by atoms with Crippen molar-refractivity contribution in [3.8, 4) is 0 Å². The molecule has 1 fully saturated rings. The molecule has 0 saturated carbocycles. The highest BCUT2D eigenvalue weighted by molar-refractivity contribution is 9.10. The molecule has 0 aliphatic carbocycles. The fourth-order valence-electron chi connectivity index (χ4n) is 2.64. The Labute approximate surface area is 176 Å². The van der Waals surface area contributed by atoms with Crippen molar-refractivity contribution in [3.63, 3.8) is 0 Å². The van der Waals surface area contributed by atoms with Crippen LogP contribution in [0, 0.1) is 19.8 Å². The van der Waals surface area contributed by atoms with Crippen LogP contribution in [0.5, 0.6) is 0 Å². The van der Waals surface area contributed by atoms with E-state index in [1.165, 1.54) is 5.56 Å². The van der Waals surface area contributed by atoms with Crippen molar-refractivity contribution in [1.29, 1.82) is 0 Å². The van der Waals surface area contributed by atoms with Crippen LogP contribution in [0.1, 0.15) is 23.7 Å². The zero-order valence-corrected chi connectivity index (χ0v) is 19.1. The Morgan fingerprint density at radius 1 is 1.12 bits per heavy atom. The van der Waals surface area contributed by atoms with Gasteiger partial charge in [0.05, 0.1) is 29.5 Å². The SMILES string of the molecule is CCO[C@H]1COCC1Cc1ncc(C)cc1Br.Cc1cnc(Cl)c(Br)c1. The molecule has 1 unspecified atom stereocenters. The Balaban J connectivity index is 0.000000228. The first kappa shape index (κ1) is 21.8. The third kappa shape index (κ3) is 6.57. The fourth-order valence-corrected chi connectivity index (χ4v) is 3.84. The lowest BCUT2D eigenvalue weighted by molar-refractivity contribution is 0.0339. The zero-order valence-electron chi connectivity index (χ0n) is 15.1. The average molecular weight is 507 g/mol. The molecule has 0 bridgehead atoms. The maximum atomic E-state index is 5.68. The van der Waals surface area contributed by atoms with Crippen molar-refractivity contribution in [3.05, 3.63) is 55.4 Å². The summed E-state index contributed by atoms with van der Waals surface area (Å²) < 4.78 is 13.1. The first-order chi connectivity index (χ1) is 12.4. The molecule has 1 aliphatic rings. The van der Waals surface area contributed by atoms with Crippen LogP contribution in [-0.2, 0) is 15.9 Å². The minimum absolute atomic E-state index is 0.218. The second-order valence-corrected chi connectivity index (χ2v) is 8.29. The Bertz CT molecular complexity index is 731. The summed E-state index contributed by atoms with van der Waals surface area (Å²) in [5.41, 5.74) is 3.37. The van der Waals surface area contributed by atoms with Gasteiger partial charge in [0.2, 0.25) is 0 Å². The van der Waals surface area contributed by atoms with E-state index in [9.17, 15) is 0 Å². The first-order valence-electron chi connectivity index (χ1n) is 8.48. The molecule has 0 amide bonds. The molecular weight excluding hydrogens is 483 g/mol. The topological polar surface area (TPSA) is 44.2 Å². The number of hydrogen-bond acceptors (Lipinski definition) is 4. The molecule has 142 valence electrons. The van der Waals surface area contributed by atoms with Crippen molar-refractivity contribution in [1.82, 2.24) is 9.97 Å². The molecule has 0 radical (unpaired) electrons. The zero-order chi connectivity index (χ0) is 19.1. The molecule has 0 spiro atoms. The average Bonchev–Trinajstić information content (AvgIpc) is 3.02. The van der Waals surface area contributed by atoms with Crippen molar-refractivity contribution in [2.45, 2.75) is 33.3 Å². The largest absolute Gasteiger partial charge is 0.378 e. The number of pyridine rings is 2. The lowest BCUT2D eigenvalue weighted by Gasteiger charge is -2.17. The highest BCUT2D eigenvalue weighted by Crippen LogP contribution is 2.25. The maximum absolute atomic E-state index is 5.68. The van der Waals surface area contributed by atoms with Gasteiger partial charge in [-0.3, -0.25) is 4.98 Å². The van der Waals surface area contributed by atoms with Crippen LogP contribution in [0.15, 0.2) is 33.5 Å². The Kier molecular flexibility index (Phi) is 8.97. The third-order valence-electron chi connectivity index (χ3n) is 3.96. The summed E-state index contributed by atoms with van der Waals surface area (Å²) in [5.74, 6) is 0.418. The van der Waals surface area contributed by atoms with Gasteiger partial charge < -0.3 is 9.47 Å². The maximum Gasteiger partial charge on any atom is 0.143 e. The summed E-state index contributed by atoms with van der Waals surface area (Å²) in [6.45, 7) is 8.26. The molecule has 1 saturated heterocycles. The molecule has 2 atom stereocenters. The minimum atomic E-state index is 0.218. The number of aromatic nitrogens is 2. The van der Waals surface area contributed by atoms with Crippen LogP contribution >= 0.6 is 43.5 Å². The van der Waals surface area contributed by atoms with E-state index in [-0.39, 0.29) is 6.10 Å². The van der Waals surface area contributed by atoms with Crippen molar-refractivity contribution in [2.24, 2.45) is 5.92 Å². The van der Waals surface area contributed by atoms with Gasteiger partial charge >= 0.3 is 0 Å². The number of halogens is 3. The van der Waals surface area contributed by atoms with Gasteiger partial charge in [-0.2, -0.15) is 0 Å². The molecule has 26 heavy (non-hydrogen) atoms. The molecule has 4 nitrogen and oxygen atoms in total. The predicted molar refractivity (Wildman–Crippen MR) is 112 cm³/mol. The molecule has 7 heteroatoms. The first-order valence-corrected chi connectivity index (χ1v) is 10.4. The van der Waals surface area contributed by atoms with Crippen LogP contribution in [0.2, 0.25) is 5.15 Å². The molecule has 3 rings (SSSR count). The van der Waals surface area contributed by atoms with Gasteiger partial charge in [-0.1, -0.05) is 11.6 Å². The molecule has 1 aliphatic heterocycles. The van der Waals surface area contributed by atoms with Crippen molar-refractivity contribution < 1.29 is 9.47 Å². The quantitative estimate of drug-likeness (QED) is 0.510. The van der Waals surface area contributed by atoms with E-state index >= 15 is 0 Å². The Hall–Kier alpha value is -0.530. The minimum Gasteiger partial charge on any atom is -0.378 e. The van der Waals surface area contributed by atoms with Crippen LogP contribution in [0.25, 0.3) is 0 Å². The van der Waals surface area contributed by atoms with Gasteiger partial charge in [0.25, 0.3) is 0 Å². The van der Waals surface area contributed by atoms with Crippen molar-refractivity contribution >= 4 is 43.5 Å². The Morgan fingerprint density at radius 2 is 1.77 bits per heavy atom. The van der Waals surface area contributed by atoms with E-state index < -0.39 is 0 Å². The second-order valence-electron chi connectivity index (χ2n) is 6.22. The highest BCUT2D eigenvalue weighted by atomic mass is 79.9. The molecule has 0 N–H and O–H groups in total. The molecule has 0 aromatic carbocycles. The van der Waals surface area contributed by atoms with E-state index in [0.717, 1.165) is 39.8 Å². The van der Waals surface area contributed by atoms with Crippen molar-refractivity contribution in [2.75, 3.05) is 19.8 Å². The summed E-state index contributed by atoms with van der Waals surface area (Å²) >= 11 is 12.4. The van der Waals surface area contributed by atoms with E-state index in [0.29, 0.717) is 17.7 Å². The van der Waals surface area contributed by atoms with E-state index in [1.54, 1.807) is 6.20 Å². The normalized spacial score (nSPS) is 19.2. The summed E-state index contributed by atoms with van der Waals surface area (Å²) in [7, 11) is 0. The van der Waals surface area contributed by atoms with Gasteiger partial charge in [-0.05, 0) is 82.3 Å². The lowest BCUT2D eigenvalue weighted by Crippen LogP contribution is -2.24. The van der Waals surface area contributed by atoms with Gasteiger partial charge in [0.15, 0.2) is 0 Å². The molecular formula is C19H23Br2ClN2O2. The monoisotopic (exact) mass is 504 g/mol. The highest BCUT2D eigenvalue weighted by Gasteiger charge is 2.29. The van der Waals surface area contributed by atoms with E-state index in [4.69, 9.17) is 21.1 Å². The number of ether oxygens (including phenoxy) is 2. The third-order valence-corrected chi connectivity index (χ3v) is 5.78. The lowest BCUT2D eigenvalue weighted by atomic mass is 9.99. The van der Waals surface area contributed by atoms with Gasteiger partial charge in [0.1, 0.15) is 5.15 Å². The summed E-state index contributed by atoms with van der Waals surface area (Å²) in [6, 6.07) is 4.03. The number of hydrogen-bond donors (Lipinski definition) is 0. The van der Waals surface area contributed by atoms with Gasteiger partial charge in [-0.25, -0.2) is 4.98 Å². The molecule has 2 aromatic heterocycles. The van der Waals surface area contributed by atoms with Crippen LogP contribution < -0.4 is 0 Å². The summed E-state index contributed by atoms with van der Waals surface area (Å²) in [4.78, 5) is 8.37. The summed E-state index contributed by atoms with van der Waals surface area (Å²) in [5, 5.41) is 0.514. The molecule has 3 heterocycles. The fraction of sp³-hybridized carbons (Fsp3) is 0.474. The summed E-state index contributed by atoms with van der Waals surface area (Å²) in [6.07, 6.45) is 4.76.